The van der Waals surface area contributed by atoms with Gasteiger partial charge < -0.3 is 19.1 Å². The van der Waals surface area contributed by atoms with E-state index in [9.17, 15) is 0 Å². The number of pyridine rings is 1. The molecule has 0 bridgehead atoms. The van der Waals surface area contributed by atoms with Crippen LogP contribution in [-0.2, 0) is 9.47 Å². The fraction of sp³-hybridized carbons (Fsp3) is 0.706. The van der Waals surface area contributed by atoms with E-state index in [1.54, 1.807) is 19.5 Å². The Balaban J connectivity index is 1.66. The Bertz CT molecular complexity index is 456. The molecule has 0 saturated carbocycles. The van der Waals surface area contributed by atoms with Crippen LogP contribution in [0, 0.1) is 5.41 Å². The normalized spacial score (nSPS) is 29.0. The predicted molar refractivity (Wildman–Crippen MR) is 84.1 cm³/mol. The second-order valence-electron chi connectivity index (χ2n) is 6.36. The minimum atomic E-state index is 0.0973. The number of aromatic nitrogens is 1. The second-order valence-corrected chi connectivity index (χ2v) is 6.36. The highest BCUT2D eigenvalue weighted by Gasteiger charge is 2.46. The lowest BCUT2D eigenvalue weighted by atomic mass is 9.73. The number of rotatable bonds is 6. The van der Waals surface area contributed by atoms with Crippen molar-refractivity contribution < 1.29 is 14.2 Å². The Kier molecular flexibility index (Phi) is 5.28. The van der Waals surface area contributed by atoms with Crippen molar-refractivity contribution in [3.8, 4) is 5.75 Å². The molecule has 1 aromatic heterocycles. The average molecular weight is 306 g/mol. The zero-order valence-corrected chi connectivity index (χ0v) is 13.4. The van der Waals surface area contributed by atoms with Crippen LogP contribution in [0.4, 0.5) is 0 Å². The Morgan fingerprint density at radius 1 is 1.50 bits per heavy atom. The Morgan fingerprint density at radius 3 is 3.27 bits per heavy atom. The summed E-state index contributed by atoms with van der Waals surface area (Å²) in [7, 11) is 1.76. The molecule has 0 radical (unpaired) electrons. The topological polar surface area (TPSA) is 43.8 Å². The Morgan fingerprint density at radius 2 is 2.45 bits per heavy atom. The number of hydrogen-bond acceptors (Lipinski definition) is 5. The first-order valence-corrected chi connectivity index (χ1v) is 8.18. The molecule has 122 valence electrons. The number of fused-ring (bicyclic) bond motifs is 1. The molecule has 22 heavy (non-hydrogen) atoms. The summed E-state index contributed by atoms with van der Waals surface area (Å²) >= 11 is 0. The highest BCUT2D eigenvalue weighted by atomic mass is 16.5. The summed E-state index contributed by atoms with van der Waals surface area (Å²) in [5.41, 5.74) is 0.0973. The molecule has 1 aromatic rings. The molecule has 3 rings (SSSR count). The Hall–Kier alpha value is -1.17. The van der Waals surface area contributed by atoms with Gasteiger partial charge in [0, 0.05) is 45.0 Å². The predicted octanol–water partition coefficient (Wildman–Crippen LogP) is 1.98. The van der Waals surface area contributed by atoms with E-state index in [1.165, 1.54) is 6.42 Å². The standard InChI is InChI=1S/C17H26N2O3/c1-20-11-9-19-8-5-16-17(13-19,6-3-10-21-16)14-22-15-4-2-7-18-12-15/h2,4,7,12,16H,3,5-6,8-11,13-14H2,1H3/t16-,17+/m1/s1. The van der Waals surface area contributed by atoms with E-state index in [0.29, 0.717) is 12.7 Å². The van der Waals surface area contributed by atoms with Crippen molar-refractivity contribution >= 4 is 0 Å². The molecule has 2 saturated heterocycles. The van der Waals surface area contributed by atoms with Gasteiger partial charge in [-0.05, 0) is 31.4 Å². The molecule has 0 N–H and O–H groups in total. The summed E-state index contributed by atoms with van der Waals surface area (Å²) in [5, 5.41) is 0. The lowest BCUT2D eigenvalue weighted by Crippen LogP contribution is -2.57. The van der Waals surface area contributed by atoms with E-state index in [0.717, 1.165) is 51.4 Å². The van der Waals surface area contributed by atoms with Crippen molar-refractivity contribution in [3.63, 3.8) is 0 Å². The first-order chi connectivity index (χ1) is 10.8. The lowest BCUT2D eigenvalue weighted by Gasteiger charge is -2.50. The molecule has 2 aliphatic heterocycles. The summed E-state index contributed by atoms with van der Waals surface area (Å²) in [6.45, 7) is 5.47. The van der Waals surface area contributed by atoms with Crippen LogP contribution in [0.5, 0.6) is 5.75 Å². The number of piperidine rings is 1. The maximum atomic E-state index is 6.07. The third-order valence-electron chi connectivity index (χ3n) is 4.84. The van der Waals surface area contributed by atoms with Gasteiger partial charge in [0.05, 0.1) is 25.5 Å². The molecule has 2 fully saturated rings. The van der Waals surface area contributed by atoms with Crippen LogP contribution in [0.2, 0.25) is 0 Å². The van der Waals surface area contributed by atoms with E-state index in [1.807, 2.05) is 12.1 Å². The van der Waals surface area contributed by atoms with Gasteiger partial charge in [-0.2, -0.15) is 0 Å². The van der Waals surface area contributed by atoms with Gasteiger partial charge in [-0.25, -0.2) is 0 Å². The largest absolute Gasteiger partial charge is 0.491 e. The van der Waals surface area contributed by atoms with Crippen molar-refractivity contribution in [3.05, 3.63) is 24.5 Å². The van der Waals surface area contributed by atoms with E-state index < -0.39 is 0 Å². The summed E-state index contributed by atoms with van der Waals surface area (Å²) in [6, 6.07) is 3.88. The smallest absolute Gasteiger partial charge is 0.137 e. The molecule has 2 aliphatic rings. The first-order valence-electron chi connectivity index (χ1n) is 8.18. The number of likely N-dealkylation sites (tertiary alicyclic amines) is 1. The number of methoxy groups -OCH3 is 1. The molecule has 5 nitrogen and oxygen atoms in total. The third-order valence-corrected chi connectivity index (χ3v) is 4.84. The molecular weight excluding hydrogens is 280 g/mol. The van der Waals surface area contributed by atoms with Crippen LogP contribution in [0.3, 0.4) is 0 Å². The summed E-state index contributed by atoms with van der Waals surface area (Å²) in [4.78, 5) is 6.61. The monoisotopic (exact) mass is 306 g/mol. The quantitative estimate of drug-likeness (QED) is 0.804. The second kappa shape index (κ2) is 7.40. The van der Waals surface area contributed by atoms with Crippen LogP contribution in [-0.4, -0.2) is 62.6 Å². The SMILES string of the molecule is COCCN1CC[C@H]2OCCC[C@@]2(COc2cccnc2)C1. The highest BCUT2D eigenvalue weighted by Crippen LogP contribution is 2.40. The summed E-state index contributed by atoms with van der Waals surface area (Å²) < 4.78 is 17.4. The minimum Gasteiger partial charge on any atom is -0.491 e. The molecule has 3 heterocycles. The average Bonchev–Trinajstić information content (AvgIpc) is 2.59. The van der Waals surface area contributed by atoms with Gasteiger partial charge in [-0.3, -0.25) is 4.98 Å². The molecule has 5 heteroatoms. The number of ether oxygens (including phenoxy) is 3. The maximum Gasteiger partial charge on any atom is 0.137 e. The van der Waals surface area contributed by atoms with E-state index >= 15 is 0 Å². The van der Waals surface area contributed by atoms with Crippen LogP contribution < -0.4 is 4.74 Å². The van der Waals surface area contributed by atoms with E-state index in [-0.39, 0.29) is 5.41 Å². The molecule has 0 aliphatic carbocycles. The van der Waals surface area contributed by atoms with Crippen molar-refractivity contribution in [2.45, 2.75) is 25.4 Å². The van der Waals surface area contributed by atoms with Gasteiger partial charge >= 0.3 is 0 Å². The lowest BCUT2D eigenvalue weighted by molar-refractivity contribution is -0.140. The fourth-order valence-corrected chi connectivity index (χ4v) is 3.66. The number of hydrogen-bond donors (Lipinski definition) is 0. The van der Waals surface area contributed by atoms with Gasteiger partial charge in [0.15, 0.2) is 0 Å². The van der Waals surface area contributed by atoms with Gasteiger partial charge in [-0.1, -0.05) is 0 Å². The summed E-state index contributed by atoms with van der Waals surface area (Å²) in [5.74, 6) is 0.843. The Labute approximate surface area is 132 Å². The minimum absolute atomic E-state index is 0.0973. The van der Waals surface area contributed by atoms with Gasteiger partial charge in [0.2, 0.25) is 0 Å². The molecule has 0 amide bonds. The van der Waals surface area contributed by atoms with Crippen molar-refractivity contribution in [2.75, 3.05) is 46.6 Å². The van der Waals surface area contributed by atoms with E-state index in [4.69, 9.17) is 14.2 Å². The summed E-state index contributed by atoms with van der Waals surface area (Å²) in [6.07, 6.45) is 7.23. The maximum absolute atomic E-state index is 6.07. The van der Waals surface area contributed by atoms with Gasteiger partial charge in [0.25, 0.3) is 0 Å². The molecular formula is C17H26N2O3. The highest BCUT2D eigenvalue weighted by molar-refractivity contribution is 5.16. The molecule has 0 unspecified atom stereocenters. The zero-order chi connectivity index (χ0) is 15.3. The van der Waals surface area contributed by atoms with Crippen molar-refractivity contribution in [1.82, 2.24) is 9.88 Å². The van der Waals surface area contributed by atoms with Crippen LogP contribution >= 0.6 is 0 Å². The van der Waals surface area contributed by atoms with Gasteiger partial charge in [-0.15, -0.1) is 0 Å². The van der Waals surface area contributed by atoms with Crippen LogP contribution in [0.25, 0.3) is 0 Å². The first kappa shape index (κ1) is 15.7. The number of nitrogens with zero attached hydrogens (tertiary/aromatic N) is 2. The van der Waals surface area contributed by atoms with Crippen molar-refractivity contribution in [2.24, 2.45) is 5.41 Å². The zero-order valence-electron chi connectivity index (χ0n) is 13.4. The third kappa shape index (κ3) is 3.59. The van der Waals surface area contributed by atoms with Crippen molar-refractivity contribution in [1.29, 1.82) is 0 Å². The van der Waals surface area contributed by atoms with Gasteiger partial charge in [0.1, 0.15) is 5.75 Å². The fourth-order valence-electron chi connectivity index (χ4n) is 3.66. The van der Waals surface area contributed by atoms with E-state index in [2.05, 4.69) is 9.88 Å². The molecule has 0 aromatic carbocycles. The van der Waals surface area contributed by atoms with Crippen LogP contribution in [0.1, 0.15) is 19.3 Å². The molecule has 0 spiro atoms. The van der Waals surface area contributed by atoms with Crippen LogP contribution in [0.15, 0.2) is 24.5 Å². The molecule has 2 atom stereocenters.